The maximum absolute atomic E-state index is 14.7. The number of aryl methyl sites for hydroxylation is 1. The summed E-state index contributed by atoms with van der Waals surface area (Å²) < 4.78 is 21.9. The summed E-state index contributed by atoms with van der Waals surface area (Å²) in [6, 6.07) is 0.492. The number of fused-ring (bicyclic) bond motifs is 3. The number of hydrogen-bond acceptors (Lipinski definition) is 8. The van der Waals surface area contributed by atoms with Crippen LogP contribution < -0.4 is 9.80 Å². The number of methoxy groups -OCH3 is 1. The molecule has 0 aliphatic carbocycles. The summed E-state index contributed by atoms with van der Waals surface area (Å²) >= 11 is 0. The standard InChI is InChI=1S/C19H23FN8O/c1-3-14-15(20)17(22-9-21-14)27-7-12-6-13(8-27)28(12)19-16-18(23-10-24-19)26(11-25-16)4-5-29-2/h9-13H,3-8H2,1-2H3. The predicted octanol–water partition coefficient (Wildman–Crippen LogP) is 1.43. The predicted molar refractivity (Wildman–Crippen MR) is 105 cm³/mol. The molecule has 29 heavy (non-hydrogen) atoms. The monoisotopic (exact) mass is 398 g/mol. The van der Waals surface area contributed by atoms with E-state index in [2.05, 4.69) is 29.8 Å². The molecule has 2 unspecified atom stereocenters. The highest BCUT2D eigenvalue weighted by Gasteiger charge is 2.47. The Kier molecular flexibility index (Phi) is 4.50. The summed E-state index contributed by atoms with van der Waals surface area (Å²) in [6.45, 7) is 4.58. The van der Waals surface area contributed by atoms with E-state index in [4.69, 9.17) is 4.74 Å². The first-order chi connectivity index (χ1) is 14.2. The number of piperidine rings is 1. The molecule has 0 aromatic carbocycles. The van der Waals surface area contributed by atoms with E-state index in [-0.39, 0.29) is 17.9 Å². The third-order valence-corrected chi connectivity index (χ3v) is 5.83. The van der Waals surface area contributed by atoms with Crippen molar-refractivity contribution in [2.75, 3.05) is 36.6 Å². The fourth-order valence-electron chi connectivity index (χ4n) is 4.40. The van der Waals surface area contributed by atoms with E-state index >= 15 is 0 Å². The normalized spacial score (nSPS) is 20.9. The lowest BCUT2D eigenvalue weighted by Gasteiger charge is -2.57. The lowest BCUT2D eigenvalue weighted by molar-refractivity contribution is 0.188. The summed E-state index contributed by atoms with van der Waals surface area (Å²) in [4.78, 5) is 26.1. The second-order valence-corrected chi connectivity index (χ2v) is 7.47. The van der Waals surface area contributed by atoms with Crippen LogP contribution >= 0.6 is 0 Å². The molecular formula is C19H23FN8O. The molecular weight excluding hydrogens is 375 g/mol. The van der Waals surface area contributed by atoms with Crippen molar-refractivity contribution in [3.8, 4) is 0 Å². The van der Waals surface area contributed by atoms with Gasteiger partial charge in [0.05, 0.1) is 30.7 Å². The molecule has 3 aromatic rings. The van der Waals surface area contributed by atoms with Crippen LogP contribution in [0, 0.1) is 5.82 Å². The highest BCUT2D eigenvalue weighted by atomic mass is 19.1. The van der Waals surface area contributed by atoms with Crippen LogP contribution in [-0.4, -0.2) is 68.4 Å². The molecule has 3 aliphatic rings. The molecule has 0 amide bonds. The number of ether oxygens (including phenoxy) is 1. The highest BCUT2D eigenvalue weighted by molar-refractivity contribution is 5.84. The summed E-state index contributed by atoms with van der Waals surface area (Å²) in [5.74, 6) is 0.955. The lowest BCUT2D eigenvalue weighted by Crippen LogP contribution is -2.69. The third-order valence-electron chi connectivity index (χ3n) is 5.83. The van der Waals surface area contributed by atoms with Gasteiger partial charge < -0.3 is 19.1 Å². The minimum atomic E-state index is -0.302. The van der Waals surface area contributed by atoms with Crippen molar-refractivity contribution in [1.82, 2.24) is 29.5 Å². The highest BCUT2D eigenvalue weighted by Crippen LogP contribution is 2.39. The quantitative estimate of drug-likeness (QED) is 0.617. The molecule has 0 N–H and O–H groups in total. The number of aromatic nitrogens is 6. The molecule has 2 bridgehead atoms. The number of anilines is 2. The van der Waals surface area contributed by atoms with Crippen molar-refractivity contribution in [3.05, 3.63) is 30.5 Å². The molecule has 6 rings (SSSR count). The number of nitrogens with zero attached hydrogens (tertiary/aromatic N) is 8. The van der Waals surface area contributed by atoms with Gasteiger partial charge in [0.25, 0.3) is 0 Å². The Bertz CT molecular complexity index is 1030. The summed E-state index contributed by atoms with van der Waals surface area (Å²) in [7, 11) is 1.68. The Labute approximate surface area is 167 Å². The maximum atomic E-state index is 14.7. The minimum Gasteiger partial charge on any atom is -0.383 e. The van der Waals surface area contributed by atoms with E-state index in [0.29, 0.717) is 44.2 Å². The van der Waals surface area contributed by atoms with E-state index in [1.165, 1.54) is 6.33 Å². The Morgan fingerprint density at radius 3 is 2.59 bits per heavy atom. The van der Waals surface area contributed by atoms with E-state index in [0.717, 1.165) is 23.4 Å². The van der Waals surface area contributed by atoms with Crippen LogP contribution in [0.1, 0.15) is 19.0 Å². The molecule has 9 nitrogen and oxygen atoms in total. The largest absolute Gasteiger partial charge is 0.383 e. The molecule has 6 heterocycles. The van der Waals surface area contributed by atoms with Gasteiger partial charge in [-0.05, 0) is 12.8 Å². The number of piperazine rings is 1. The first kappa shape index (κ1) is 18.2. The lowest BCUT2D eigenvalue weighted by atomic mass is 9.87. The fraction of sp³-hybridized carbons (Fsp3) is 0.526. The Balaban J connectivity index is 1.40. The van der Waals surface area contributed by atoms with Gasteiger partial charge in [-0.3, -0.25) is 0 Å². The Morgan fingerprint density at radius 1 is 1.07 bits per heavy atom. The summed E-state index contributed by atoms with van der Waals surface area (Å²) in [5.41, 5.74) is 2.07. The van der Waals surface area contributed by atoms with Gasteiger partial charge in [-0.2, -0.15) is 0 Å². The van der Waals surface area contributed by atoms with Gasteiger partial charge >= 0.3 is 0 Å². The second-order valence-electron chi connectivity index (χ2n) is 7.47. The molecule has 10 heteroatoms. The number of halogens is 1. The van der Waals surface area contributed by atoms with Crippen LogP contribution in [-0.2, 0) is 17.7 Å². The van der Waals surface area contributed by atoms with Crippen LogP contribution in [0.2, 0.25) is 0 Å². The van der Waals surface area contributed by atoms with Gasteiger partial charge in [-0.25, -0.2) is 29.3 Å². The summed E-state index contributed by atoms with van der Waals surface area (Å²) in [5, 5.41) is 0. The van der Waals surface area contributed by atoms with Crippen molar-refractivity contribution in [1.29, 1.82) is 0 Å². The zero-order valence-corrected chi connectivity index (χ0v) is 16.5. The molecule has 0 radical (unpaired) electrons. The minimum absolute atomic E-state index is 0.246. The van der Waals surface area contributed by atoms with Crippen molar-refractivity contribution in [3.63, 3.8) is 0 Å². The van der Waals surface area contributed by atoms with E-state index in [9.17, 15) is 4.39 Å². The van der Waals surface area contributed by atoms with Gasteiger partial charge in [-0.15, -0.1) is 0 Å². The second kappa shape index (κ2) is 7.18. The van der Waals surface area contributed by atoms with Crippen molar-refractivity contribution in [2.45, 2.75) is 38.4 Å². The average Bonchev–Trinajstić information content (AvgIpc) is 3.16. The summed E-state index contributed by atoms with van der Waals surface area (Å²) in [6.07, 6.45) is 6.44. The van der Waals surface area contributed by atoms with Crippen LogP contribution in [0.3, 0.4) is 0 Å². The number of rotatable bonds is 6. The SMILES string of the molecule is CCc1ncnc(N2CC3CC(C2)N3c2ncnc3c2ncn3CCOC)c1F. The first-order valence-corrected chi connectivity index (χ1v) is 9.88. The molecule has 152 valence electrons. The van der Waals surface area contributed by atoms with Crippen LogP contribution in [0.25, 0.3) is 11.2 Å². The van der Waals surface area contributed by atoms with E-state index in [1.54, 1.807) is 19.8 Å². The Morgan fingerprint density at radius 2 is 1.83 bits per heavy atom. The topological polar surface area (TPSA) is 85.1 Å². The molecule has 3 saturated heterocycles. The molecule has 3 aromatic heterocycles. The first-order valence-electron chi connectivity index (χ1n) is 9.88. The van der Waals surface area contributed by atoms with Crippen molar-refractivity contribution in [2.24, 2.45) is 0 Å². The fourth-order valence-corrected chi connectivity index (χ4v) is 4.40. The average molecular weight is 398 g/mol. The van der Waals surface area contributed by atoms with Crippen molar-refractivity contribution < 1.29 is 9.13 Å². The van der Waals surface area contributed by atoms with E-state index in [1.807, 2.05) is 16.4 Å². The van der Waals surface area contributed by atoms with Gasteiger partial charge in [0.15, 0.2) is 28.6 Å². The zero-order chi connectivity index (χ0) is 20.0. The smallest absolute Gasteiger partial charge is 0.187 e. The van der Waals surface area contributed by atoms with Crippen LogP contribution in [0.5, 0.6) is 0 Å². The van der Waals surface area contributed by atoms with Gasteiger partial charge in [0.2, 0.25) is 0 Å². The van der Waals surface area contributed by atoms with Crippen molar-refractivity contribution >= 4 is 22.8 Å². The zero-order valence-electron chi connectivity index (χ0n) is 16.5. The maximum Gasteiger partial charge on any atom is 0.187 e. The number of hydrogen-bond donors (Lipinski definition) is 0. The number of imidazole rings is 1. The van der Waals surface area contributed by atoms with Gasteiger partial charge in [0.1, 0.15) is 12.7 Å². The van der Waals surface area contributed by atoms with Gasteiger partial charge in [-0.1, -0.05) is 6.92 Å². The van der Waals surface area contributed by atoms with Crippen LogP contribution in [0.15, 0.2) is 19.0 Å². The molecule has 0 saturated carbocycles. The molecule has 3 aliphatic heterocycles. The molecule has 0 spiro atoms. The van der Waals surface area contributed by atoms with Crippen LogP contribution in [0.4, 0.5) is 16.0 Å². The van der Waals surface area contributed by atoms with Gasteiger partial charge in [0, 0.05) is 26.7 Å². The third kappa shape index (κ3) is 2.89. The van der Waals surface area contributed by atoms with E-state index < -0.39 is 0 Å². The molecule has 3 fully saturated rings. The molecule has 2 atom stereocenters. The Hall–Kier alpha value is -2.88.